The first-order chi connectivity index (χ1) is 8.67. The number of methoxy groups -OCH3 is 1. The molecule has 1 aromatic carbocycles. The van der Waals surface area contributed by atoms with E-state index < -0.39 is 0 Å². The molecule has 2 N–H and O–H groups in total. The van der Waals surface area contributed by atoms with Crippen LogP contribution >= 0.6 is 0 Å². The minimum absolute atomic E-state index is 0.0126. The van der Waals surface area contributed by atoms with E-state index in [2.05, 4.69) is 5.32 Å². The summed E-state index contributed by atoms with van der Waals surface area (Å²) in [5.74, 6) is 1.14. The van der Waals surface area contributed by atoms with Crippen LogP contribution in [0.5, 0.6) is 11.5 Å². The number of aliphatic hydroxyl groups is 1. The molecule has 0 bridgehead atoms. The lowest BCUT2D eigenvalue weighted by Crippen LogP contribution is -2.42. The van der Waals surface area contributed by atoms with Crippen LogP contribution in [-0.4, -0.2) is 36.9 Å². The van der Waals surface area contributed by atoms with Crippen molar-refractivity contribution in [3.63, 3.8) is 0 Å². The Morgan fingerprint density at radius 1 is 1.33 bits per heavy atom. The molecule has 1 aliphatic rings. The molecule has 18 heavy (non-hydrogen) atoms. The van der Waals surface area contributed by atoms with E-state index in [1.54, 1.807) is 31.4 Å². The van der Waals surface area contributed by atoms with Gasteiger partial charge in [-0.3, -0.25) is 4.79 Å². The quantitative estimate of drug-likeness (QED) is 0.781. The fraction of sp³-hybridized carbons (Fsp3) is 0.462. The molecule has 0 aromatic heterocycles. The average molecular weight is 251 g/mol. The third-order valence-electron chi connectivity index (χ3n) is 2.99. The van der Waals surface area contributed by atoms with Crippen molar-refractivity contribution in [2.45, 2.75) is 18.4 Å². The second-order valence-corrected chi connectivity index (χ2v) is 4.45. The molecular weight excluding hydrogens is 234 g/mol. The van der Waals surface area contributed by atoms with E-state index in [0.717, 1.165) is 18.6 Å². The van der Waals surface area contributed by atoms with E-state index in [1.165, 1.54) is 0 Å². The Bertz CT molecular complexity index is 412. The highest BCUT2D eigenvalue weighted by molar-refractivity contribution is 5.78. The summed E-state index contributed by atoms with van der Waals surface area (Å²) >= 11 is 0. The molecule has 5 heteroatoms. The summed E-state index contributed by atoms with van der Waals surface area (Å²) in [7, 11) is 1.59. The molecule has 1 fully saturated rings. The zero-order valence-electron chi connectivity index (χ0n) is 10.3. The first kappa shape index (κ1) is 12.7. The van der Waals surface area contributed by atoms with E-state index in [1.807, 2.05) is 0 Å². The van der Waals surface area contributed by atoms with Gasteiger partial charge in [0, 0.05) is 0 Å². The molecule has 0 saturated heterocycles. The van der Waals surface area contributed by atoms with Crippen molar-refractivity contribution in [1.29, 1.82) is 0 Å². The standard InChI is InChI=1S/C13H17NO4/c1-17-10-2-4-11(5-3-10)18-8-12(16)14-13(9-15)6-7-13/h2-5,15H,6-9H2,1H3,(H,14,16). The molecule has 0 unspecified atom stereocenters. The van der Waals surface area contributed by atoms with Crippen LogP contribution in [0, 0.1) is 0 Å². The van der Waals surface area contributed by atoms with Crippen LogP contribution in [0.15, 0.2) is 24.3 Å². The normalized spacial score (nSPS) is 15.9. The van der Waals surface area contributed by atoms with E-state index in [4.69, 9.17) is 14.6 Å². The maximum atomic E-state index is 11.6. The third kappa shape index (κ3) is 3.13. The van der Waals surface area contributed by atoms with Gasteiger partial charge < -0.3 is 19.9 Å². The first-order valence-corrected chi connectivity index (χ1v) is 5.86. The molecule has 2 rings (SSSR count). The molecule has 1 amide bonds. The van der Waals surface area contributed by atoms with Crippen molar-refractivity contribution in [1.82, 2.24) is 5.32 Å². The third-order valence-corrected chi connectivity index (χ3v) is 2.99. The number of rotatable bonds is 6. The molecule has 1 aromatic rings. The van der Waals surface area contributed by atoms with Gasteiger partial charge >= 0.3 is 0 Å². The number of ether oxygens (including phenoxy) is 2. The minimum Gasteiger partial charge on any atom is -0.497 e. The number of nitrogens with one attached hydrogen (secondary N) is 1. The number of carbonyl (C=O) groups excluding carboxylic acids is 1. The predicted molar refractivity (Wildman–Crippen MR) is 65.7 cm³/mol. The molecule has 0 heterocycles. The Balaban J connectivity index is 1.78. The van der Waals surface area contributed by atoms with Crippen LogP contribution in [-0.2, 0) is 4.79 Å². The van der Waals surface area contributed by atoms with Gasteiger partial charge in [-0.2, -0.15) is 0 Å². The van der Waals surface area contributed by atoms with Gasteiger partial charge in [-0.05, 0) is 37.1 Å². The van der Waals surface area contributed by atoms with Gasteiger partial charge in [0.25, 0.3) is 5.91 Å². The van der Waals surface area contributed by atoms with E-state index in [0.29, 0.717) is 5.75 Å². The lowest BCUT2D eigenvalue weighted by atomic mass is 10.3. The van der Waals surface area contributed by atoms with Gasteiger partial charge in [-0.1, -0.05) is 0 Å². The fourth-order valence-electron chi connectivity index (χ4n) is 1.63. The van der Waals surface area contributed by atoms with Gasteiger partial charge in [0.15, 0.2) is 6.61 Å². The van der Waals surface area contributed by atoms with Crippen LogP contribution in [0.2, 0.25) is 0 Å². The van der Waals surface area contributed by atoms with Crippen LogP contribution in [0.25, 0.3) is 0 Å². The molecule has 0 spiro atoms. The van der Waals surface area contributed by atoms with Gasteiger partial charge in [-0.25, -0.2) is 0 Å². The summed E-state index contributed by atoms with van der Waals surface area (Å²) in [5, 5.41) is 11.9. The Morgan fingerprint density at radius 3 is 2.44 bits per heavy atom. The molecule has 5 nitrogen and oxygen atoms in total. The molecule has 0 atom stereocenters. The maximum absolute atomic E-state index is 11.6. The van der Waals surface area contributed by atoms with Gasteiger partial charge in [-0.15, -0.1) is 0 Å². The van der Waals surface area contributed by atoms with Crippen molar-refractivity contribution >= 4 is 5.91 Å². The number of aliphatic hydroxyl groups excluding tert-OH is 1. The van der Waals surface area contributed by atoms with E-state index in [9.17, 15) is 4.79 Å². The zero-order valence-corrected chi connectivity index (χ0v) is 10.3. The Labute approximate surface area is 106 Å². The summed E-state index contributed by atoms with van der Waals surface area (Å²) in [6.45, 7) is -0.0602. The van der Waals surface area contributed by atoms with Crippen molar-refractivity contribution in [2.75, 3.05) is 20.3 Å². The molecular formula is C13H17NO4. The molecule has 1 aliphatic carbocycles. The van der Waals surface area contributed by atoms with E-state index >= 15 is 0 Å². The van der Waals surface area contributed by atoms with Crippen LogP contribution < -0.4 is 14.8 Å². The second-order valence-electron chi connectivity index (χ2n) is 4.45. The van der Waals surface area contributed by atoms with Crippen molar-refractivity contribution in [3.05, 3.63) is 24.3 Å². The van der Waals surface area contributed by atoms with Crippen molar-refractivity contribution in [2.24, 2.45) is 0 Å². The summed E-state index contributed by atoms with van der Waals surface area (Å²) in [6.07, 6.45) is 1.66. The van der Waals surface area contributed by atoms with Gasteiger partial charge in [0.05, 0.1) is 19.3 Å². The number of hydrogen-bond acceptors (Lipinski definition) is 4. The average Bonchev–Trinajstić information content (AvgIpc) is 3.17. The van der Waals surface area contributed by atoms with E-state index in [-0.39, 0.29) is 24.7 Å². The molecule has 0 radical (unpaired) electrons. The summed E-state index contributed by atoms with van der Waals surface area (Å²) in [4.78, 5) is 11.6. The topological polar surface area (TPSA) is 67.8 Å². The summed E-state index contributed by atoms with van der Waals surface area (Å²) < 4.78 is 10.4. The molecule has 98 valence electrons. The van der Waals surface area contributed by atoms with Crippen LogP contribution in [0.3, 0.4) is 0 Å². The Hall–Kier alpha value is -1.75. The Kier molecular flexibility index (Phi) is 3.72. The zero-order chi connectivity index (χ0) is 13.0. The highest BCUT2D eigenvalue weighted by Crippen LogP contribution is 2.34. The van der Waals surface area contributed by atoms with Crippen LogP contribution in [0.4, 0.5) is 0 Å². The summed E-state index contributed by atoms with van der Waals surface area (Å²) in [5.41, 5.74) is -0.389. The lowest BCUT2D eigenvalue weighted by Gasteiger charge is -2.14. The first-order valence-electron chi connectivity index (χ1n) is 5.86. The number of carbonyl (C=O) groups is 1. The largest absolute Gasteiger partial charge is 0.497 e. The highest BCUT2D eigenvalue weighted by Gasteiger charge is 2.43. The Morgan fingerprint density at radius 2 is 1.94 bits per heavy atom. The number of hydrogen-bond donors (Lipinski definition) is 2. The molecule has 0 aliphatic heterocycles. The number of amides is 1. The lowest BCUT2D eigenvalue weighted by molar-refractivity contribution is -0.124. The van der Waals surface area contributed by atoms with Crippen molar-refractivity contribution < 1.29 is 19.4 Å². The SMILES string of the molecule is COc1ccc(OCC(=O)NC2(CO)CC2)cc1. The van der Waals surface area contributed by atoms with Crippen molar-refractivity contribution in [3.8, 4) is 11.5 Å². The fourth-order valence-corrected chi connectivity index (χ4v) is 1.63. The van der Waals surface area contributed by atoms with Gasteiger partial charge in [0.1, 0.15) is 11.5 Å². The summed E-state index contributed by atoms with van der Waals surface area (Å²) in [6, 6.07) is 7.02. The monoisotopic (exact) mass is 251 g/mol. The highest BCUT2D eigenvalue weighted by atomic mass is 16.5. The minimum atomic E-state index is -0.389. The predicted octanol–water partition coefficient (Wildman–Crippen LogP) is 0.715. The second kappa shape index (κ2) is 5.27. The molecule has 1 saturated carbocycles. The maximum Gasteiger partial charge on any atom is 0.258 e. The van der Waals surface area contributed by atoms with Gasteiger partial charge in [0.2, 0.25) is 0 Å². The van der Waals surface area contributed by atoms with Crippen LogP contribution in [0.1, 0.15) is 12.8 Å². The smallest absolute Gasteiger partial charge is 0.258 e. The number of benzene rings is 1.